The lowest BCUT2D eigenvalue weighted by Gasteiger charge is -2.42. The molecule has 1 N–H and O–H groups in total. The summed E-state index contributed by atoms with van der Waals surface area (Å²) < 4.78 is 6.34. The van der Waals surface area contributed by atoms with Crippen LogP contribution in [0.1, 0.15) is 86.1 Å². The Balaban J connectivity index is 1.74. The summed E-state index contributed by atoms with van der Waals surface area (Å²) in [5.74, 6) is 6.97. The monoisotopic (exact) mass is 403 g/mol. The second kappa shape index (κ2) is 7.47. The van der Waals surface area contributed by atoms with E-state index in [2.05, 4.69) is 56.7 Å². The number of fused-ring (bicyclic) bond motifs is 1. The van der Waals surface area contributed by atoms with Crippen molar-refractivity contribution in [3.05, 3.63) is 58.4 Å². The Labute approximate surface area is 178 Å². The predicted molar refractivity (Wildman–Crippen MR) is 117 cm³/mol. The molecule has 1 fully saturated rings. The number of hydrogen-bond donors (Lipinski definition) is 1. The Morgan fingerprint density at radius 1 is 1.13 bits per heavy atom. The summed E-state index contributed by atoms with van der Waals surface area (Å²) in [6.07, 6.45) is 6.12. The molecule has 0 atom stereocenters. The molecule has 0 amide bonds. The van der Waals surface area contributed by atoms with E-state index in [4.69, 9.17) is 9.84 Å². The topological polar surface area (TPSA) is 59.4 Å². The van der Waals surface area contributed by atoms with Gasteiger partial charge in [-0.25, -0.2) is 9.78 Å². The highest BCUT2D eigenvalue weighted by atomic mass is 16.5. The van der Waals surface area contributed by atoms with Crippen LogP contribution >= 0.6 is 0 Å². The summed E-state index contributed by atoms with van der Waals surface area (Å²) in [4.78, 5) is 15.2. The molecule has 30 heavy (non-hydrogen) atoms. The van der Waals surface area contributed by atoms with Crippen molar-refractivity contribution in [1.29, 1.82) is 0 Å². The summed E-state index contributed by atoms with van der Waals surface area (Å²) >= 11 is 0. The van der Waals surface area contributed by atoms with E-state index in [0.717, 1.165) is 30.8 Å². The van der Waals surface area contributed by atoms with Gasteiger partial charge in [-0.3, -0.25) is 0 Å². The van der Waals surface area contributed by atoms with Crippen LogP contribution in [0.25, 0.3) is 0 Å². The van der Waals surface area contributed by atoms with Gasteiger partial charge in [0.25, 0.3) is 0 Å². The van der Waals surface area contributed by atoms with Crippen LogP contribution in [0.3, 0.4) is 0 Å². The van der Waals surface area contributed by atoms with Crippen molar-refractivity contribution in [3.8, 4) is 17.6 Å². The van der Waals surface area contributed by atoms with Gasteiger partial charge in [0.05, 0.1) is 12.2 Å². The van der Waals surface area contributed by atoms with E-state index in [0.29, 0.717) is 11.6 Å². The molecule has 2 aliphatic rings. The fraction of sp³-hybridized carbons (Fsp3) is 0.462. The largest absolute Gasteiger partial charge is 0.493 e. The van der Waals surface area contributed by atoms with Gasteiger partial charge in [0.15, 0.2) is 0 Å². The molecule has 0 unspecified atom stereocenters. The molecule has 0 bridgehead atoms. The zero-order chi connectivity index (χ0) is 21.5. The number of carboxylic acids is 1. The van der Waals surface area contributed by atoms with Crippen LogP contribution in [0.4, 0.5) is 0 Å². The Morgan fingerprint density at radius 2 is 1.87 bits per heavy atom. The molecule has 2 aliphatic carbocycles. The van der Waals surface area contributed by atoms with Crippen molar-refractivity contribution in [2.75, 3.05) is 6.61 Å². The molecule has 0 spiro atoms. The molecule has 4 rings (SSSR count). The van der Waals surface area contributed by atoms with Gasteiger partial charge < -0.3 is 9.84 Å². The second-order valence-corrected chi connectivity index (χ2v) is 9.91. The molecule has 1 heterocycles. The number of ether oxygens (including phenoxy) is 1. The number of rotatable bonds is 4. The molecule has 1 aromatic carbocycles. The Morgan fingerprint density at radius 3 is 2.50 bits per heavy atom. The summed E-state index contributed by atoms with van der Waals surface area (Å²) in [5, 5.41) is 9.02. The maximum atomic E-state index is 11.0. The molecule has 156 valence electrons. The molecule has 4 heteroatoms. The average Bonchev–Trinajstić information content (AvgIpc) is 3.53. The van der Waals surface area contributed by atoms with E-state index in [9.17, 15) is 4.79 Å². The smallest absolute Gasteiger partial charge is 0.337 e. The number of carboxylic acid groups (broad SMARTS) is 1. The minimum Gasteiger partial charge on any atom is -0.493 e. The van der Waals surface area contributed by atoms with Crippen molar-refractivity contribution in [2.24, 2.45) is 5.92 Å². The zero-order valence-electron chi connectivity index (χ0n) is 18.2. The number of aromatic nitrogens is 1. The third kappa shape index (κ3) is 4.21. The molecular weight excluding hydrogens is 374 g/mol. The first-order valence-corrected chi connectivity index (χ1v) is 10.7. The second-order valence-electron chi connectivity index (χ2n) is 9.91. The minimum atomic E-state index is -0.987. The van der Waals surface area contributed by atoms with Crippen molar-refractivity contribution >= 4 is 5.97 Å². The number of nitrogens with zero attached hydrogens (tertiary/aromatic N) is 1. The van der Waals surface area contributed by atoms with Crippen molar-refractivity contribution in [3.63, 3.8) is 0 Å². The first-order valence-electron chi connectivity index (χ1n) is 10.7. The highest BCUT2D eigenvalue weighted by molar-refractivity contribution is 5.87. The molecule has 0 radical (unpaired) electrons. The Kier molecular flexibility index (Phi) is 5.10. The molecule has 1 aromatic heterocycles. The van der Waals surface area contributed by atoms with E-state index in [1.54, 1.807) is 6.07 Å². The maximum Gasteiger partial charge on any atom is 0.337 e. The van der Waals surface area contributed by atoms with Gasteiger partial charge in [-0.2, -0.15) is 0 Å². The average molecular weight is 404 g/mol. The van der Waals surface area contributed by atoms with Crippen molar-refractivity contribution in [1.82, 2.24) is 4.98 Å². The van der Waals surface area contributed by atoms with Crippen LogP contribution in [0.2, 0.25) is 0 Å². The quantitative estimate of drug-likeness (QED) is 0.702. The van der Waals surface area contributed by atoms with Crippen LogP contribution in [0, 0.1) is 17.8 Å². The summed E-state index contributed by atoms with van der Waals surface area (Å²) in [6, 6.07) is 7.45. The molecule has 1 saturated carbocycles. The van der Waals surface area contributed by atoms with Gasteiger partial charge in [0.2, 0.25) is 0 Å². The Bertz CT molecular complexity index is 1030. The standard InChI is InChI=1S/C26H29NO3/c1-25(2)11-12-26(3,4)23-21(25)13-18(14-22(23)30-16-17-5-6-17)7-9-20-10-8-19(15-27-20)24(28)29/h8,10,13-15,17H,5-6,11-12,16H2,1-4H3,(H,28,29). The van der Waals surface area contributed by atoms with Gasteiger partial charge in [0.1, 0.15) is 11.4 Å². The van der Waals surface area contributed by atoms with Gasteiger partial charge in [-0.1, -0.05) is 33.6 Å². The van der Waals surface area contributed by atoms with Crippen molar-refractivity contribution in [2.45, 2.75) is 64.2 Å². The van der Waals surface area contributed by atoms with E-state index >= 15 is 0 Å². The lowest BCUT2D eigenvalue weighted by molar-refractivity contribution is 0.0696. The van der Waals surface area contributed by atoms with Gasteiger partial charge >= 0.3 is 5.97 Å². The number of carbonyl (C=O) groups is 1. The number of benzene rings is 1. The molecule has 4 nitrogen and oxygen atoms in total. The lowest BCUT2D eigenvalue weighted by Crippen LogP contribution is -2.34. The fourth-order valence-corrected chi connectivity index (χ4v) is 4.14. The van der Waals surface area contributed by atoms with Crippen LogP contribution in [0.5, 0.6) is 5.75 Å². The SMILES string of the molecule is CC1(C)CCC(C)(C)c2c(OCC3CC3)cc(C#Cc3ccc(C(=O)O)cn3)cc21. The van der Waals surface area contributed by atoms with Crippen LogP contribution in [-0.4, -0.2) is 22.7 Å². The van der Waals surface area contributed by atoms with E-state index in [1.807, 2.05) is 0 Å². The number of pyridine rings is 1. The zero-order valence-corrected chi connectivity index (χ0v) is 18.2. The van der Waals surface area contributed by atoms with Crippen molar-refractivity contribution < 1.29 is 14.6 Å². The highest BCUT2D eigenvalue weighted by Crippen LogP contribution is 2.50. The van der Waals surface area contributed by atoms with Crippen LogP contribution < -0.4 is 4.74 Å². The van der Waals surface area contributed by atoms with E-state index in [-0.39, 0.29) is 16.4 Å². The number of hydrogen-bond acceptors (Lipinski definition) is 3. The summed E-state index contributed by atoms with van der Waals surface area (Å²) in [6.45, 7) is 10.00. The summed E-state index contributed by atoms with van der Waals surface area (Å²) in [5.41, 5.74) is 4.42. The first-order chi connectivity index (χ1) is 14.2. The highest BCUT2D eigenvalue weighted by Gasteiger charge is 2.40. The third-order valence-corrected chi connectivity index (χ3v) is 6.40. The van der Waals surface area contributed by atoms with E-state index in [1.165, 1.54) is 36.2 Å². The first kappa shape index (κ1) is 20.5. The molecule has 0 aliphatic heterocycles. The van der Waals surface area contributed by atoms with Gasteiger partial charge in [-0.05, 0) is 78.2 Å². The van der Waals surface area contributed by atoms with Crippen LogP contribution in [0.15, 0.2) is 30.5 Å². The van der Waals surface area contributed by atoms with E-state index < -0.39 is 5.97 Å². The molecule has 2 aromatic rings. The molecule has 0 saturated heterocycles. The van der Waals surface area contributed by atoms with Gasteiger partial charge in [0, 0.05) is 17.3 Å². The summed E-state index contributed by atoms with van der Waals surface area (Å²) in [7, 11) is 0. The minimum absolute atomic E-state index is 0.0711. The van der Waals surface area contributed by atoms with Gasteiger partial charge in [-0.15, -0.1) is 0 Å². The normalized spacial score (nSPS) is 18.7. The third-order valence-electron chi connectivity index (χ3n) is 6.40. The fourth-order valence-electron chi connectivity index (χ4n) is 4.14. The van der Waals surface area contributed by atoms with Crippen LogP contribution in [-0.2, 0) is 10.8 Å². The number of aromatic carboxylic acids is 1. The lowest BCUT2D eigenvalue weighted by atomic mass is 9.62. The maximum absolute atomic E-state index is 11.0. The Hall–Kier alpha value is -2.80. The predicted octanol–water partition coefficient (Wildman–Crippen LogP) is 5.32. The molecular formula is C26H29NO3.